The summed E-state index contributed by atoms with van der Waals surface area (Å²) in [7, 11) is 0. The van der Waals surface area contributed by atoms with Crippen LogP contribution in [0.2, 0.25) is 0 Å². The van der Waals surface area contributed by atoms with E-state index in [-0.39, 0.29) is 23.4 Å². The van der Waals surface area contributed by atoms with Crippen LogP contribution in [0, 0.1) is 0 Å². The second-order valence-corrected chi connectivity index (χ2v) is 9.31. The van der Waals surface area contributed by atoms with Gasteiger partial charge in [0.1, 0.15) is 23.0 Å². The molecule has 2 aliphatic rings. The molecule has 1 N–H and O–H groups in total. The molecule has 0 saturated carbocycles. The van der Waals surface area contributed by atoms with E-state index in [2.05, 4.69) is 5.32 Å². The van der Waals surface area contributed by atoms with Gasteiger partial charge >= 0.3 is 5.97 Å². The molecule has 0 spiro atoms. The fourth-order valence-electron chi connectivity index (χ4n) is 3.91. The Labute approximate surface area is 211 Å². The molecule has 2 aromatic carbocycles. The summed E-state index contributed by atoms with van der Waals surface area (Å²) in [4.78, 5) is 39.7. The van der Waals surface area contributed by atoms with Crippen LogP contribution in [-0.4, -0.2) is 51.6 Å². The van der Waals surface area contributed by atoms with Crippen LogP contribution in [0.1, 0.15) is 17.2 Å². The van der Waals surface area contributed by atoms with Crippen LogP contribution < -0.4 is 5.32 Å². The van der Waals surface area contributed by atoms with Crippen molar-refractivity contribution < 1.29 is 19.1 Å². The lowest BCUT2D eigenvalue weighted by Crippen LogP contribution is -2.70. The first-order valence-corrected chi connectivity index (χ1v) is 12.7. The molecular formula is C25H22Cl2N2O4S. The molecule has 9 heteroatoms. The summed E-state index contributed by atoms with van der Waals surface area (Å²) in [6.07, 6.45) is 2.80. The maximum Gasteiger partial charge on any atom is 0.356 e. The smallest absolute Gasteiger partial charge is 0.356 e. The van der Waals surface area contributed by atoms with Crippen molar-refractivity contribution in [2.75, 3.05) is 17.5 Å². The van der Waals surface area contributed by atoms with Gasteiger partial charge in [0.15, 0.2) is 6.10 Å². The van der Waals surface area contributed by atoms with E-state index in [4.69, 9.17) is 27.9 Å². The molecule has 2 aliphatic heterocycles. The fourth-order valence-corrected chi connectivity index (χ4v) is 5.39. The van der Waals surface area contributed by atoms with E-state index >= 15 is 0 Å². The van der Waals surface area contributed by atoms with E-state index < -0.39 is 29.4 Å². The third-order valence-corrected chi connectivity index (χ3v) is 7.19. The molecule has 4 rings (SSSR count). The molecule has 1 fully saturated rings. The van der Waals surface area contributed by atoms with Crippen LogP contribution in [0.25, 0.3) is 0 Å². The molecule has 1 saturated heterocycles. The zero-order chi connectivity index (χ0) is 24.1. The van der Waals surface area contributed by atoms with E-state index in [1.807, 2.05) is 60.7 Å². The molecule has 0 aliphatic carbocycles. The lowest BCUT2D eigenvalue weighted by Gasteiger charge is -2.49. The van der Waals surface area contributed by atoms with Gasteiger partial charge in [0.05, 0.1) is 0 Å². The highest BCUT2D eigenvalue weighted by Crippen LogP contribution is 2.42. The number of allylic oxidation sites excluding steroid dienone is 2. The molecule has 2 heterocycles. The Morgan fingerprint density at radius 2 is 1.71 bits per heavy atom. The van der Waals surface area contributed by atoms with Gasteiger partial charge in [-0.2, -0.15) is 0 Å². The van der Waals surface area contributed by atoms with Gasteiger partial charge in [-0.1, -0.05) is 72.8 Å². The summed E-state index contributed by atoms with van der Waals surface area (Å²) in [6.45, 7) is 0. The number of ether oxygens (including phenoxy) is 1. The lowest BCUT2D eigenvalue weighted by atomic mass is 10.0. The molecule has 34 heavy (non-hydrogen) atoms. The molecule has 0 aromatic heterocycles. The number of hydrogen-bond acceptors (Lipinski definition) is 5. The van der Waals surface area contributed by atoms with Gasteiger partial charge in [-0.25, -0.2) is 4.79 Å². The van der Waals surface area contributed by atoms with Crippen molar-refractivity contribution >= 4 is 52.7 Å². The Hall–Kier alpha value is -2.74. The second-order valence-electron chi connectivity index (χ2n) is 7.63. The maximum atomic E-state index is 13.6. The molecule has 6 nitrogen and oxygen atoms in total. The highest BCUT2D eigenvalue weighted by molar-refractivity contribution is 8.00. The predicted octanol–water partition coefficient (Wildman–Crippen LogP) is 4.01. The first-order valence-electron chi connectivity index (χ1n) is 10.6. The summed E-state index contributed by atoms with van der Waals surface area (Å²) in [5, 5.41) is 2.21. The van der Waals surface area contributed by atoms with E-state index in [0.29, 0.717) is 11.3 Å². The average molecular weight is 517 g/mol. The van der Waals surface area contributed by atoms with Crippen molar-refractivity contribution in [1.82, 2.24) is 10.2 Å². The normalized spacial score (nSPS) is 19.7. The van der Waals surface area contributed by atoms with Crippen molar-refractivity contribution in [2.45, 2.75) is 17.5 Å². The molecule has 2 atom stereocenters. The Morgan fingerprint density at radius 3 is 2.26 bits per heavy atom. The maximum absolute atomic E-state index is 13.6. The topological polar surface area (TPSA) is 75.7 Å². The Morgan fingerprint density at radius 1 is 1.09 bits per heavy atom. The van der Waals surface area contributed by atoms with Gasteiger partial charge in [-0.3, -0.25) is 14.5 Å². The van der Waals surface area contributed by atoms with Gasteiger partial charge in [-0.05, 0) is 16.7 Å². The molecule has 2 amide bonds. The number of β-lactam (4-membered cyclic amide) rings is 1. The number of carbonyl (C=O) groups is 3. The molecular weight excluding hydrogens is 495 g/mol. The molecule has 0 radical (unpaired) electrons. The van der Waals surface area contributed by atoms with Crippen LogP contribution in [-0.2, 0) is 19.1 Å². The number of thioether (sulfide) groups is 1. The lowest BCUT2D eigenvalue weighted by molar-refractivity contribution is -0.154. The van der Waals surface area contributed by atoms with Crippen molar-refractivity contribution in [3.63, 3.8) is 0 Å². The summed E-state index contributed by atoms with van der Waals surface area (Å²) in [6, 6.07) is 18.1. The Balaban J connectivity index is 1.66. The largest absolute Gasteiger partial charge is 0.448 e. The first kappa shape index (κ1) is 24.4. The van der Waals surface area contributed by atoms with Gasteiger partial charge in [0.2, 0.25) is 5.91 Å². The molecule has 2 aromatic rings. The number of nitrogens with zero attached hydrogens (tertiary/aromatic N) is 1. The monoisotopic (exact) mass is 516 g/mol. The number of amides is 2. The first-order chi connectivity index (χ1) is 16.5. The highest BCUT2D eigenvalue weighted by Gasteiger charge is 2.54. The minimum atomic E-state index is -0.739. The van der Waals surface area contributed by atoms with Crippen molar-refractivity contribution in [3.8, 4) is 0 Å². The number of alkyl halides is 2. The van der Waals surface area contributed by atoms with Gasteiger partial charge in [0, 0.05) is 11.6 Å². The highest BCUT2D eigenvalue weighted by atomic mass is 35.5. The van der Waals surface area contributed by atoms with Gasteiger partial charge in [0.25, 0.3) is 5.91 Å². The van der Waals surface area contributed by atoms with Gasteiger partial charge in [-0.15, -0.1) is 35.0 Å². The van der Waals surface area contributed by atoms with Crippen LogP contribution >= 0.6 is 35.0 Å². The number of fused-ring (bicyclic) bond motifs is 1. The van der Waals surface area contributed by atoms with E-state index in [1.54, 1.807) is 12.2 Å². The summed E-state index contributed by atoms with van der Waals surface area (Å²) < 4.78 is 6.04. The second kappa shape index (κ2) is 11.1. The number of carbonyl (C=O) groups excluding carboxylic acids is 3. The van der Waals surface area contributed by atoms with E-state index in [0.717, 1.165) is 11.1 Å². The third-order valence-electron chi connectivity index (χ3n) is 5.47. The Bertz CT molecular complexity index is 1080. The van der Waals surface area contributed by atoms with Crippen LogP contribution in [0.5, 0.6) is 0 Å². The SMILES string of the molecule is O=C(CCl)N[C@@H]1C(=O)N2C(C(=O)OC(c3ccccc3)c3ccccc3)=C(/C=C/CCl)CS[C@H]12. The third kappa shape index (κ3) is 5.02. The zero-order valence-corrected chi connectivity index (χ0v) is 20.4. The number of benzene rings is 2. The number of rotatable bonds is 8. The van der Waals surface area contributed by atoms with Gasteiger partial charge < -0.3 is 10.1 Å². The van der Waals surface area contributed by atoms with Crippen molar-refractivity contribution in [3.05, 3.63) is 95.2 Å². The van der Waals surface area contributed by atoms with Crippen molar-refractivity contribution in [1.29, 1.82) is 0 Å². The number of esters is 1. The molecule has 0 bridgehead atoms. The summed E-state index contributed by atoms with van der Waals surface area (Å²) >= 11 is 12.9. The predicted molar refractivity (Wildman–Crippen MR) is 133 cm³/mol. The minimum absolute atomic E-state index is 0.170. The number of halogens is 2. The average Bonchev–Trinajstić information content (AvgIpc) is 2.89. The fraction of sp³-hybridized carbons (Fsp3) is 0.240. The van der Waals surface area contributed by atoms with Crippen LogP contribution in [0.3, 0.4) is 0 Å². The van der Waals surface area contributed by atoms with Crippen LogP contribution in [0.4, 0.5) is 0 Å². The zero-order valence-electron chi connectivity index (χ0n) is 18.0. The summed E-state index contributed by atoms with van der Waals surface area (Å²) in [5.74, 6) is -0.955. The number of hydrogen-bond donors (Lipinski definition) is 1. The van der Waals surface area contributed by atoms with E-state index in [9.17, 15) is 14.4 Å². The Kier molecular flexibility index (Phi) is 7.98. The molecule has 176 valence electrons. The standard InChI is InChI=1S/C25H22Cl2N2O4S/c26-13-7-12-18-15-34-24-20(28-19(30)14-27)23(31)29(24)21(18)25(32)33-22(16-8-3-1-4-9-16)17-10-5-2-6-11-17/h1-12,20,22,24H,13-15H2,(H,28,30)/b12-7+/t20-,24-/m1/s1. The number of nitrogens with one attached hydrogen (secondary N) is 1. The quantitative estimate of drug-likeness (QED) is 0.326. The summed E-state index contributed by atoms with van der Waals surface area (Å²) in [5.41, 5.74) is 2.43. The minimum Gasteiger partial charge on any atom is -0.448 e. The molecule has 0 unspecified atom stereocenters. The van der Waals surface area contributed by atoms with E-state index in [1.165, 1.54) is 16.7 Å². The van der Waals surface area contributed by atoms with Crippen molar-refractivity contribution in [2.24, 2.45) is 0 Å². The van der Waals surface area contributed by atoms with Crippen LogP contribution in [0.15, 0.2) is 84.1 Å².